The van der Waals surface area contributed by atoms with Gasteiger partial charge >= 0.3 is 0 Å². The van der Waals surface area contributed by atoms with E-state index in [9.17, 15) is 4.79 Å². The summed E-state index contributed by atoms with van der Waals surface area (Å²) in [4.78, 5) is 22.7. The van der Waals surface area contributed by atoms with Crippen molar-refractivity contribution in [1.82, 2.24) is 19.7 Å². The van der Waals surface area contributed by atoms with Crippen molar-refractivity contribution in [2.75, 3.05) is 44.3 Å². The number of hydrogen-bond acceptors (Lipinski definition) is 6. The van der Waals surface area contributed by atoms with Crippen LogP contribution >= 0.6 is 11.3 Å². The minimum absolute atomic E-state index is 0.0772. The highest BCUT2D eigenvalue weighted by Crippen LogP contribution is 2.33. The van der Waals surface area contributed by atoms with Crippen molar-refractivity contribution in [2.24, 2.45) is 0 Å². The summed E-state index contributed by atoms with van der Waals surface area (Å²) in [6, 6.07) is 6.10. The fourth-order valence-corrected chi connectivity index (χ4v) is 5.13. The van der Waals surface area contributed by atoms with Crippen LogP contribution in [0.25, 0.3) is 10.2 Å². The highest BCUT2D eigenvalue weighted by atomic mass is 32.1. The van der Waals surface area contributed by atoms with Crippen molar-refractivity contribution < 1.29 is 9.53 Å². The van der Waals surface area contributed by atoms with Gasteiger partial charge in [0, 0.05) is 38.4 Å². The van der Waals surface area contributed by atoms with E-state index in [0.29, 0.717) is 12.2 Å². The maximum absolute atomic E-state index is 13.5. The molecule has 3 heterocycles. The van der Waals surface area contributed by atoms with Crippen LogP contribution in [0.5, 0.6) is 0 Å². The van der Waals surface area contributed by atoms with E-state index in [4.69, 9.17) is 9.72 Å². The highest BCUT2D eigenvalue weighted by Gasteiger charge is 2.25. The molecule has 4 rings (SSSR count). The minimum Gasteiger partial charge on any atom is -0.379 e. The van der Waals surface area contributed by atoms with Gasteiger partial charge in [0.2, 0.25) is 0 Å². The molecule has 2 aromatic heterocycles. The van der Waals surface area contributed by atoms with Gasteiger partial charge in [-0.25, -0.2) is 4.98 Å². The van der Waals surface area contributed by atoms with E-state index in [0.717, 1.165) is 72.4 Å². The number of nitrogens with zero attached hydrogens (tertiary/aromatic N) is 5. The molecule has 1 aliphatic rings. The van der Waals surface area contributed by atoms with Crippen molar-refractivity contribution in [1.29, 1.82) is 0 Å². The van der Waals surface area contributed by atoms with Gasteiger partial charge in [0.25, 0.3) is 5.91 Å². The van der Waals surface area contributed by atoms with Gasteiger partial charge in [0.05, 0.1) is 23.4 Å². The van der Waals surface area contributed by atoms with Crippen LogP contribution in [0.4, 0.5) is 5.13 Å². The Kier molecular flexibility index (Phi) is 6.69. The molecule has 0 spiro atoms. The van der Waals surface area contributed by atoms with Gasteiger partial charge in [-0.05, 0) is 51.3 Å². The van der Waals surface area contributed by atoms with Crippen molar-refractivity contribution in [3.8, 4) is 0 Å². The second kappa shape index (κ2) is 9.46. The van der Waals surface area contributed by atoms with Crippen molar-refractivity contribution >= 4 is 32.6 Å². The smallest absolute Gasteiger partial charge is 0.280 e. The van der Waals surface area contributed by atoms with E-state index in [2.05, 4.69) is 36.0 Å². The maximum Gasteiger partial charge on any atom is 0.280 e. The molecule has 0 N–H and O–H groups in total. The van der Waals surface area contributed by atoms with Gasteiger partial charge in [-0.3, -0.25) is 19.3 Å². The van der Waals surface area contributed by atoms with Crippen molar-refractivity contribution in [2.45, 2.75) is 40.7 Å². The first-order chi connectivity index (χ1) is 15.0. The quantitative estimate of drug-likeness (QED) is 0.558. The molecule has 1 saturated heterocycles. The van der Waals surface area contributed by atoms with Crippen LogP contribution < -0.4 is 4.90 Å². The summed E-state index contributed by atoms with van der Waals surface area (Å²) in [7, 11) is 0. The average molecular weight is 442 g/mol. The van der Waals surface area contributed by atoms with Crippen LogP contribution in [0.1, 0.15) is 40.7 Å². The number of aromatic nitrogens is 3. The molecule has 166 valence electrons. The first-order valence-electron chi connectivity index (χ1n) is 11.0. The predicted molar refractivity (Wildman–Crippen MR) is 125 cm³/mol. The number of rotatable bonds is 7. The molecule has 31 heavy (non-hydrogen) atoms. The number of amides is 1. The molecule has 0 aliphatic carbocycles. The number of benzene rings is 1. The lowest BCUT2D eigenvalue weighted by Gasteiger charge is -2.27. The number of hydrogen-bond donors (Lipinski definition) is 0. The molecule has 8 heteroatoms. The van der Waals surface area contributed by atoms with E-state index in [1.54, 1.807) is 11.3 Å². The van der Waals surface area contributed by atoms with Crippen LogP contribution in [-0.4, -0.2) is 65.0 Å². The van der Waals surface area contributed by atoms with E-state index in [1.807, 2.05) is 29.5 Å². The SMILES string of the molecule is CCn1nc(C(=O)N(CCCN2CCOCC2)c2nc3c(C)ccc(C)c3s2)cc1C. The zero-order valence-corrected chi connectivity index (χ0v) is 19.7. The van der Waals surface area contributed by atoms with Crippen LogP contribution in [0, 0.1) is 20.8 Å². The van der Waals surface area contributed by atoms with Crippen LogP contribution in [0.2, 0.25) is 0 Å². The zero-order valence-electron chi connectivity index (χ0n) is 18.8. The fraction of sp³-hybridized carbons (Fsp3) is 0.522. The monoisotopic (exact) mass is 441 g/mol. The molecule has 0 radical (unpaired) electrons. The topological polar surface area (TPSA) is 63.5 Å². The third kappa shape index (κ3) is 4.66. The number of anilines is 1. The third-order valence-electron chi connectivity index (χ3n) is 5.87. The molecule has 1 fully saturated rings. The molecule has 0 bridgehead atoms. The molecule has 1 aliphatic heterocycles. The standard InChI is InChI=1S/C23H31N5O2S/c1-5-28-18(4)15-19(25-28)22(29)27(10-6-9-26-11-13-30-14-12-26)23-24-20-16(2)7-8-17(3)21(20)31-23/h7-8,15H,5-6,9-14H2,1-4H3. The van der Waals surface area contributed by atoms with Gasteiger partial charge in [-0.1, -0.05) is 23.5 Å². The van der Waals surface area contributed by atoms with Crippen LogP contribution in [0.3, 0.4) is 0 Å². The van der Waals surface area contributed by atoms with Gasteiger partial charge < -0.3 is 4.74 Å². The Bertz CT molecular complexity index is 1030. The molecular formula is C23H31N5O2S. The number of fused-ring (bicyclic) bond motifs is 1. The largest absolute Gasteiger partial charge is 0.379 e. The summed E-state index contributed by atoms with van der Waals surface area (Å²) in [6.45, 7) is 14.0. The Labute approximate surface area is 187 Å². The Balaban J connectivity index is 1.62. The number of carbonyl (C=O) groups excluding carboxylic acids is 1. The summed E-state index contributed by atoms with van der Waals surface area (Å²) in [5.41, 5.74) is 4.79. The predicted octanol–water partition coefficient (Wildman–Crippen LogP) is 3.81. The highest BCUT2D eigenvalue weighted by molar-refractivity contribution is 7.22. The van der Waals surface area contributed by atoms with Crippen molar-refractivity contribution in [3.05, 3.63) is 40.7 Å². The first kappa shape index (κ1) is 21.9. The van der Waals surface area contributed by atoms with Gasteiger partial charge in [0.15, 0.2) is 10.8 Å². The molecule has 3 aromatic rings. The third-order valence-corrected chi connectivity index (χ3v) is 7.08. The average Bonchev–Trinajstić information content (AvgIpc) is 3.39. The number of thiazole rings is 1. The Morgan fingerprint density at radius 1 is 1.19 bits per heavy atom. The summed E-state index contributed by atoms with van der Waals surface area (Å²) in [5.74, 6) is -0.0772. The molecule has 7 nitrogen and oxygen atoms in total. The lowest BCUT2D eigenvalue weighted by molar-refractivity contribution is 0.0376. The fourth-order valence-electron chi connectivity index (χ4n) is 4.00. The molecule has 0 atom stereocenters. The van der Waals surface area contributed by atoms with E-state index < -0.39 is 0 Å². The molecule has 0 saturated carbocycles. The van der Waals surface area contributed by atoms with E-state index in [-0.39, 0.29) is 5.91 Å². The summed E-state index contributed by atoms with van der Waals surface area (Å²) in [6.07, 6.45) is 0.882. The summed E-state index contributed by atoms with van der Waals surface area (Å²) < 4.78 is 8.46. The number of carbonyl (C=O) groups is 1. The lowest BCUT2D eigenvalue weighted by atomic mass is 10.1. The number of aryl methyl sites for hydroxylation is 4. The van der Waals surface area contributed by atoms with Gasteiger partial charge in [0.1, 0.15) is 0 Å². The maximum atomic E-state index is 13.5. The van der Waals surface area contributed by atoms with Crippen molar-refractivity contribution in [3.63, 3.8) is 0 Å². The van der Waals surface area contributed by atoms with E-state index >= 15 is 0 Å². The number of morpholine rings is 1. The zero-order chi connectivity index (χ0) is 22.0. The Morgan fingerprint density at radius 2 is 1.94 bits per heavy atom. The normalized spacial score (nSPS) is 15.0. The minimum atomic E-state index is -0.0772. The number of ether oxygens (including phenoxy) is 1. The van der Waals surface area contributed by atoms with Gasteiger partial charge in [-0.15, -0.1) is 0 Å². The van der Waals surface area contributed by atoms with Crippen LogP contribution in [-0.2, 0) is 11.3 Å². The molecule has 1 aromatic carbocycles. The summed E-state index contributed by atoms with van der Waals surface area (Å²) >= 11 is 1.60. The molecule has 1 amide bonds. The molecule has 0 unspecified atom stereocenters. The first-order valence-corrected chi connectivity index (χ1v) is 11.8. The van der Waals surface area contributed by atoms with E-state index in [1.165, 1.54) is 5.56 Å². The Morgan fingerprint density at radius 3 is 2.61 bits per heavy atom. The second-order valence-electron chi connectivity index (χ2n) is 8.12. The van der Waals surface area contributed by atoms with Crippen LogP contribution in [0.15, 0.2) is 18.2 Å². The van der Waals surface area contributed by atoms with Gasteiger partial charge in [-0.2, -0.15) is 5.10 Å². The second-order valence-corrected chi connectivity index (χ2v) is 9.10. The Hall–Kier alpha value is -2.29. The summed E-state index contributed by atoms with van der Waals surface area (Å²) in [5, 5.41) is 5.29. The lowest BCUT2D eigenvalue weighted by Crippen LogP contribution is -2.39. The molecular weight excluding hydrogens is 410 g/mol.